The average Bonchev–Trinajstić information content (AvgIpc) is 3.43. The summed E-state index contributed by atoms with van der Waals surface area (Å²) < 4.78 is 0. The van der Waals surface area contributed by atoms with Gasteiger partial charge in [-0.25, -0.2) is 0 Å². The van der Waals surface area contributed by atoms with Crippen molar-refractivity contribution in [1.82, 2.24) is 0 Å². The SMILES string of the molecule is CC.CC.CC(C)CC1(C2CCC3C(CCC4CCCC(C)C4C)CCCC32C)CC1. The first-order valence-corrected chi connectivity index (χ1v) is 14.9. The molecule has 0 amide bonds. The second kappa shape index (κ2) is 11.9. The topological polar surface area (TPSA) is 0 Å². The van der Waals surface area contributed by atoms with E-state index in [9.17, 15) is 0 Å². The standard InChI is InChI=1S/C27H48.2C2H6/c1-19(2)18-27(16-17-27)25-14-13-24-23(10-7-15-26(24,25)5)12-11-22-9-6-8-20(3)21(22)4;2*1-2/h19-25H,6-18H2,1-5H3;2*1-2H3. The van der Waals surface area contributed by atoms with Crippen LogP contribution in [0.4, 0.5) is 0 Å². The largest absolute Gasteiger partial charge is 0.0683 e. The Hall–Kier alpha value is 0. The van der Waals surface area contributed by atoms with E-state index in [1.807, 2.05) is 27.7 Å². The van der Waals surface area contributed by atoms with E-state index in [1.54, 1.807) is 51.4 Å². The molecule has 0 saturated heterocycles. The van der Waals surface area contributed by atoms with Crippen molar-refractivity contribution in [2.45, 2.75) is 146 Å². The fourth-order valence-electron chi connectivity index (χ4n) is 8.89. The molecule has 4 aliphatic carbocycles. The molecule has 0 aromatic heterocycles. The maximum absolute atomic E-state index is 2.76. The Morgan fingerprint density at radius 2 is 1.35 bits per heavy atom. The van der Waals surface area contributed by atoms with Crippen LogP contribution < -0.4 is 0 Å². The van der Waals surface area contributed by atoms with Crippen molar-refractivity contribution in [3.63, 3.8) is 0 Å². The van der Waals surface area contributed by atoms with Crippen LogP contribution in [0.5, 0.6) is 0 Å². The van der Waals surface area contributed by atoms with E-state index in [2.05, 4.69) is 34.6 Å². The highest BCUT2D eigenvalue weighted by atomic mass is 14.7. The number of hydrogen-bond acceptors (Lipinski definition) is 0. The van der Waals surface area contributed by atoms with Crippen molar-refractivity contribution in [3.8, 4) is 0 Å². The van der Waals surface area contributed by atoms with Crippen LogP contribution in [-0.4, -0.2) is 0 Å². The lowest BCUT2D eigenvalue weighted by Gasteiger charge is -2.48. The lowest BCUT2D eigenvalue weighted by Crippen LogP contribution is -2.40. The van der Waals surface area contributed by atoms with Crippen molar-refractivity contribution < 1.29 is 0 Å². The molecule has 0 radical (unpaired) electrons. The minimum Gasteiger partial charge on any atom is -0.0683 e. The molecular weight excluding hydrogens is 372 g/mol. The predicted molar refractivity (Wildman–Crippen MR) is 140 cm³/mol. The number of hydrogen-bond donors (Lipinski definition) is 0. The van der Waals surface area contributed by atoms with E-state index in [-0.39, 0.29) is 0 Å². The fraction of sp³-hybridized carbons (Fsp3) is 1.00. The van der Waals surface area contributed by atoms with Crippen molar-refractivity contribution in [1.29, 1.82) is 0 Å². The van der Waals surface area contributed by atoms with Crippen molar-refractivity contribution in [2.24, 2.45) is 52.3 Å². The summed E-state index contributed by atoms with van der Waals surface area (Å²) in [7, 11) is 0. The first-order valence-electron chi connectivity index (χ1n) is 14.9. The monoisotopic (exact) mass is 432 g/mol. The molecule has 0 heteroatoms. The third-order valence-electron chi connectivity index (χ3n) is 10.5. The van der Waals surface area contributed by atoms with Crippen LogP contribution in [0.1, 0.15) is 146 Å². The van der Waals surface area contributed by atoms with Gasteiger partial charge in [-0.2, -0.15) is 0 Å². The lowest BCUT2D eigenvalue weighted by molar-refractivity contribution is 0.00836. The van der Waals surface area contributed by atoms with Gasteiger partial charge in [0.2, 0.25) is 0 Å². The zero-order valence-corrected chi connectivity index (χ0v) is 23.2. The van der Waals surface area contributed by atoms with Gasteiger partial charge in [0.1, 0.15) is 0 Å². The van der Waals surface area contributed by atoms with E-state index in [0.29, 0.717) is 5.41 Å². The molecule has 0 heterocycles. The lowest BCUT2D eigenvalue weighted by atomic mass is 9.57. The van der Waals surface area contributed by atoms with Crippen LogP contribution >= 0.6 is 0 Å². The van der Waals surface area contributed by atoms with Crippen molar-refractivity contribution in [2.75, 3.05) is 0 Å². The van der Waals surface area contributed by atoms with Crippen molar-refractivity contribution in [3.05, 3.63) is 0 Å². The highest BCUT2D eigenvalue weighted by molar-refractivity contribution is 5.11. The summed E-state index contributed by atoms with van der Waals surface area (Å²) in [6, 6.07) is 0. The van der Waals surface area contributed by atoms with Crippen LogP contribution in [0.15, 0.2) is 0 Å². The molecule has 4 saturated carbocycles. The molecule has 0 aromatic carbocycles. The molecule has 0 spiro atoms. The predicted octanol–water partition coefficient (Wildman–Crippen LogP) is 10.6. The molecule has 7 atom stereocenters. The normalized spacial score (nSPS) is 40.8. The molecule has 184 valence electrons. The van der Waals surface area contributed by atoms with E-state index in [4.69, 9.17) is 0 Å². The molecule has 0 nitrogen and oxygen atoms in total. The Labute approximate surface area is 198 Å². The number of fused-ring (bicyclic) bond motifs is 1. The zero-order chi connectivity index (χ0) is 23.2. The Morgan fingerprint density at radius 1 is 0.742 bits per heavy atom. The molecule has 31 heavy (non-hydrogen) atoms. The maximum atomic E-state index is 2.76. The second-order valence-corrected chi connectivity index (χ2v) is 12.5. The van der Waals surface area contributed by atoms with E-state index in [1.165, 1.54) is 32.1 Å². The van der Waals surface area contributed by atoms with E-state index >= 15 is 0 Å². The van der Waals surface area contributed by atoms with Gasteiger partial charge in [0.25, 0.3) is 0 Å². The van der Waals surface area contributed by atoms with Crippen LogP contribution in [0.2, 0.25) is 0 Å². The van der Waals surface area contributed by atoms with Gasteiger partial charge < -0.3 is 0 Å². The summed E-state index contributed by atoms with van der Waals surface area (Å²) in [5, 5.41) is 0. The summed E-state index contributed by atoms with van der Waals surface area (Å²) in [5.74, 6) is 7.08. The summed E-state index contributed by atoms with van der Waals surface area (Å²) >= 11 is 0. The van der Waals surface area contributed by atoms with Gasteiger partial charge >= 0.3 is 0 Å². The van der Waals surface area contributed by atoms with Crippen LogP contribution in [-0.2, 0) is 0 Å². The summed E-state index contributed by atoms with van der Waals surface area (Å²) in [6.45, 7) is 20.8. The smallest absolute Gasteiger partial charge is 0.0261 e. The molecule has 0 aliphatic heterocycles. The van der Waals surface area contributed by atoms with Crippen LogP contribution in [0.25, 0.3) is 0 Å². The quantitative estimate of drug-likeness (QED) is 0.391. The Bertz CT molecular complexity index is 500. The number of rotatable bonds is 6. The molecule has 4 rings (SSSR count). The van der Waals surface area contributed by atoms with Gasteiger partial charge in [-0.1, -0.05) is 94.4 Å². The Kier molecular flexibility index (Phi) is 10.5. The first kappa shape index (κ1) is 27.2. The zero-order valence-electron chi connectivity index (χ0n) is 23.2. The molecule has 0 bridgehead atoms. The van der Waals surface area contributed by atoms with E-state index in [0.717, 1.165) is 46.8 Å². The molecular formula is C31H60. The van der Waals surface area contributed by atoms with Crippen LogP contribution in [0.3, 0.4) is 0 Å². The highest BCUT2D eigenvalue weighted by Crippen LogP contribution is 2.70. The summed E-state index contributed by atoms with van der Waals surface area (Å²) in [5.41, 5.74) is 1.46. The highest BCUT2D eigenvalue weighted by Gasteiger charge is 2.61. The van der Waals surface area contributed by atoms with Gasteiger partial charge in [0, 0.05) is 0 Å². The minimum absolute atomic E-state index is 0.694. The van der Waals surface area contributed by atoms with Gasteiger partial charge in [0.05, 0.1) is 0 Å². The summed E-state index contributed by atoms with van der Waals surface area (Å²) in [6.07, 6.45) is 20.0. The van der Waals surface area contributed by atoms with Gasteiger partial charge in [-0.15, -0.1) is 0 Å². The van der Waals surface area contributed by atoms with E-state index < -0.39 is 0 Å². The second-order valence-electron chi connectivity index (χ2n) is 12.5. The van der Waals surface area contributed by atoms with Crippen molar-refractivity contribution >= 4 is 0 Å². The molecule has 4 aliphatic rings. The third kappa shape index (κ3) is 5.93. The van der Waals surface area contributed by atoms with Crippen LogP contribution in [0, 0.1) is 52.3 Å². The molecule has 7 unspecified atom stereocenters. The van der Waals surface area contributed by atoms with Gasteiger partial charge in [-0.05, 0) is 104 Å². The average molecular weight is 433 g/mol. The first-order chi connectivity index (χ1) is 14.9. The molecule has 0 aromatic rings. The third-order valence-corrected chi connectivity index (χ3v) is 10.5. The Morgan fingerprint density at radius 3 is 1.97 bits per heavy atom. The fourth-order valence-corrected chi connectivity index (χ4v) is 8.89. The molecule has 0 N–H and O–H groups in total. The Balaban J connectivity index is 0.000000807. The minimum atomic E-state index is 0.694. The van der Waals surface area contributed by atoms with Gasteiger partial charge in [-0.3, -0.25) is 0 Å². The van der Waals surface area contributed by atoms with Gasteiger partial charge in [0.15, 0.2) is 0 Å². The maximum Gasteiger partial charge on any atom is -0.0261 e. The summed E-state index contributed by atoms with van der Waals surface area (Å²) in [4.78, 5) is 0. The molecule has 4 fully saturated rings.